The van der Waals surface area contributed by atoms with E-state index in [1.807, 2.05) is 18.5 Å². The second-order valence-corrected chi connectivity index (χ2v) is 9.13. The minimum Gasteiger partial charge on any atom is -0.330 e. The van der Waals surface area contributed by atoms with Crippen molar-refractivity contribution in [3.8, 4) is 0 Å². The molecule has 0 aliphatic carbocycles. The molecule has 0 bridgehead atoms. The maximum atomic E-state index is 5.66. The van der Waals surface area contributed by atoms with Crippen molar-refractivity contribution < 1.29 is 0 Å². The van der Waals surface area contributed by atoms with E-state index in [4.69, 9.17) is 5.73 Å². The maximum Gasteiger partial charge on any atom is 0.0312 e. The molecule has 5 nitrogen and oxygen atoms in total. The van der Waals surface area contributed by atoms with Crippen LogP contribution in [0.1, 0.15) is 40.7 Å². The lowest BCUT2D eigenvalue weighted by molar-refractivity contribution is 0.125. The van der Waals surface area contributed by atoms with Gasteiger partial charge in [0.1, 0.15) is 0 Å². The lowest BCUT2D eigenvalue weighted by Crippen LogP contribution is -2.47. The highest BCUT2D eigenvalue weighted by Gasteiger charge is 2.17. The van der Waals surface area contributed by atoms with E-state index >= 15 is 0 Å². The predicted octanol–water partition coefficient (Wildman–Crippen LogP) is 3.37. The summed E-state index contributed by atoms with van der Waals surface area (Å²) in [6.07, 6.45) is 6.17. The molecule has 0 unspecified atom stereocenters. The van der Waals surface area contributed by atoms with Gasteiger partial charge in [0.2, 0.25) is 0 Å². The number of pyridine rings is 1. The molecule has 1 aliphatic heterocycles. The Morgan fingerprint density at radius 2 is 1.58 bits per heavy atom. The fraction of sp³-hybridized carbons (Fsp3) is 0.577. The average Bonchev–Trinajstić information content (AvgIpc) is 2.76. The van der Waals surface area contributed by atoms with Crippen molar-refractivity contribution in [1.82, 2.24) is 19.7 Å². The van der Waals surface area contributed by atoms with Crippen molar-refractivity contribution in [1.29, 1.82) is 0 Å². The first-order valence-electron chi connectivity index (χ1n) is 11.9. The van der Waals surface area contributed by atoms with Gasteiger partial charge in [-0.25, -0.2) is 0 Å². The summed E-state index contributed by atoms with van der Waals surface area (Å²) >= 11 is 0. The second-order valence-electron chi connectivity index (χ2n) is 9.13. The minimum atomic E-state index is 0.799. The molecule has 170 valence electrons. The van der Waals surface area contributed by atoms with Gasteiger partial charge in [-0.2, -0.15) is 0 Å². The number of benzene rings is 1. The molecule has 2 N–H and O–H groups in total. The summed E-state index contributed by atoms with van der Waals surface area (Å²) in [5.41, 5.74) is 12.6. The lowest BCUT2D eigenvalue weighted by atomic mass is 9.99. The molecule has 0 atom stereocenters. The molecule has 1 fully saturated rings. The Bertz CT molecular complexity index is 761. The summed E-state index contributed by atoms with van der Waals surface area (Å²) < 4.78 is 0. The molecular formula is C26H41N5. The van der Waals surface area contributed by atoms with E-state index in [0.717, 1.165) is 39.1 Å². The molecule has 1 aliphatic rings. The van der Waals surface area contributed by atoms with Crippen LogP contribution in [0, 0.1) is 20.8 Å². The zero-order valence-corrected chi connectivity index (χ0v) is 19.8. The normalized spacial score (nSPS) is 15.6. The average molecular weight is 424 g/mol. The van der Waals surface area contributed by atoms with Crippen LogP contribution in [-0.2, 0) is 13.1 Å². The van der Waals surface area contributed by atoms with Crippen LogP contribution in [0.4, 0.5) is 0 Å². The van der Waals surface area contributed by atoms with Crippen LogP contribution in [0.2, 0.25) is 0 Å². The molecule has 0 saturated carbocycles. The van der Waals surface area contributed by atoms with E-state index in [0.29, 0.717) is 0 Å². The quantitative estimate of drug-likeness (QED) is 0.601. The Labute approximate surface area is 189 Å². The number of piperazine rings is 1. The zero-order valence-electron chi connectivity index (χ0n) is 19.8. The fourth-order valence-corrected chi connectivity index (χ4v) is 4.72. The van der Waals surface area contributed by atoms with Crippen LogP contribution >= 0.6 is 0 Å². The highest BCUT2D eigenvalue weighted by atomic mass is 15.3. The minimum absolute atomic E-state index is 0.799. The standard InChI is InChI=1S/C26H41N5/c1-22-17-23(2)26(24(3)18-22)21-31(20-25-7-4-9-28-19-25)12-6-11-30-15-13-29(14-16-30)10-5-8-27/h4,7,9,17-19H,5-6,8,10-16,20-21,27H2,1-3H3. The highest BCUT2D eigenvalue weighted by molar-refractivity contribution is 5.37. The van der Waals surface area contributed by atoms with Crippen molar-refractivity contribution in [3.05, 3.63) is 64.5 Å². The Morgan fingerprint density at radius 1 is 0.935 bits per heavy atom. The van der Waals surface area contributed by atoms with E-state index in [1.165, 1.54) is 67.0 Å². The van der Waals surface area contributed by atoms with Gasteiger partial charge in [-0.15, -0.1) is 0 Å². The third-order valence-electron chi connectivity index (χ3n) is 6.44. The van der Waals surface area contributed by atoms with Crippen molar-refractivity contribution in [3.63, 3.8) is 0 Å². The second kappa shape index (κ2) is 12.3. The molecule has 1 aromatic carbocycles. The van der Waals surface area contributed by atoms with Gasteiger partial charge < -0.3 is 15.5 Å². The smallest absolute Gasteiger partial charge is 0.0312 e. The number of aryl methyl sites for hydroxylation is 3. The van der Waals surface area contributed by atoms with Gasteiger partial charge in [0.05, 0.1) is 0 Å². The van der Waals surface area contributed by atoms with Crippen molar-refractivity contribution >= 4 is 0 Å². The van der Waals surface area contributed by atoms with Crippen LogP contribution in [0.15, 0.2) is 36.7 Å². The van der Waals surface area contributed by atoms with Gasteiger partial charge in [-0.05, 0) is 81.6 Å². The molecule has 2 aromatic rings. The largest absolute Gasteiger partial charge is 0.330 e. The van der Waals surface area contributed by atoms with Gasteiger partial charge in [-0.3, -0.25) is 9.88 Å². The third-order valence-corrected chi connectivity index (χ3v) is 6.44. The number of nitrogens with two attached hydrogens (primary N) is 1. The molecule has 0 spiro atoms. The Balaban J connectivity index is 1.55. The molecule has 3 rings (SSSR count). The van der Waals surface area contributed by atoms with Gasteiger partial charge >= 0.3 is 0 Å². The van der Waals surface area contributed by atoms with Crippen molar-refractivity contribution in [2.24, 2.45) is 5.73 Å². The summed E-state index contributed by atoms with van der Waals surface area (Å²) in [4.78, 5) is 12.1. The number of rotatable bonds is 11. The first kappa shape index (κ1) is 23.9. The SMILES string of the molecule is Cc1cc(C)c(CN(CCCN2CCN(CCCN)CC2)Cc2cccnc2)c(C)c1. The molecule has 5 heteroatoms. The Hall–Kier alpha value is -1.79. The predicted molar refractivity (Wildman–Crippen MR) is 130 cm³/mol. The van der Waals surface area contributed by atoms with Crippen molar-refractivity contribution in [2.75, 3.05) is 52.4 Å². The van der Waals surface area contributed by atoms with Crippen LogP contribution in [0.5, 0.6) is 0 Å². The van der Waals surface area contributed by atoms with Gasteiger partial charge in [0, 0.05) is 58.2 Å². The third kappa shape index (κ3) is 7.69. The summed E-state index contributed by atoms with van der Waals surface area (Å²) in [6.45, 7) is 17.6. The Kier molecular flexibility index (Phi) is 9.47. The summed E-state index contributed by atoms with van der Waals surface area (Å²) in [5.74, 6) is 0. The van der Waals surface area contributed by atoms with E-state index in [2.05, 4.69) is 58.7 Å². The summed E-state index contributed by atoms with van der Waals surface area (Å²) in [6, 6.07) is 8.86. The number of hydrogen-bond acceptors (Lipinski definition) is 5. The lowest BCUT2D eigenvalue weighted by Gasteiger charge is -2.35. The molecule has 2 heterocycles. The number of hydrogen-bond donors (Lipinski definition) is 1. The van der Waals surface area contributed by atoms with E-state index < -0.39 is 0 Å². The van der Waals surface area contributed by atoms with E-state index in [9.17, 15) is 0 Å². The van der Waals surface area contributed by atoms with Gasteiger partial charge in [0.15, 0.2) is 0 Å². The number of aromatic nitrogens is 1. The molecule has 31 heavy (non-hydrogen) atoms. The molecule has 1 saturated heterocycles. The van der Waals surface area contributed by atoms with Gasteiger partial charge in [0.25, 0.3) is 0 Å². The highest BCUT2D eigenvalue weighted by Crippen LogP contribution is 2.20. The topological polar surface area (TPSA) is 48.6 Å². The monoisotopic (exact) mass is 423 g/mol. The molecule has 0 amide bonds. The summed E-state index contributed by atoms with van der Waals surface area (Å²) in [5, 5.41) is 0. The van der Waals surface area contributed by atoms with Crippen LogP contribution < -0.4 is 5.73 Å². The van der Waals surface area contributed by atoms with Crippen LogP contribution in [0.3, 0.4) is 0 Å². The first-order chi connectivity index (χ1) is 15.0. The van der Waals surface area contributed by atoms with E-state index in [1.54, 1.807) is 0 Å². The Morgan fingerprint density at radius 3 is 2.16 bits per heavy atom. The summed E-state index contributed by atoms with van der Waals surface area (Å²) in [7, 11) is 0. The van der Waals surface area contributed by atoms with E-state index in [-0.39, 0.29) is 0 Å². The fourth-order valence-electron chi connectivity index (χ4n) is 4.72. The maximum absolute atomic E-state index is 5.66. The molecule has 0 radical (unpaired) electrons. The van der Waals surface area contributed by atoms with Gasteiger partial charge in [-0.1, -0.05) is 23.8 Å². The van der Waals surface area contributed by atoms with Crippen LogP contribution in [0.25, 0.3) is 0 Å². The van der Waals surface area contributed by atoms with Crippen LogP contribution in [-0.4, -0.2) is 72.0 Å². The van der Waals surface area contributed by atoms with Crippen molar-refractivity contribution in [2.45, 2.75) is 46.7 Å². The molecular weight excluding hydrogens is 382 g/mol. The first-order valence-corrected chi connectivity index (χ1v) is 11.9. The zero-order chi connectivity index (χ0) is 22.1. The number of nitrogens with zero attached hydrogens (tertiary/aromatic N) is 4. The molecule has 1 aromatic heterocycles.